The number of rotatable bonds is 9. The van der Waals surface area contributed by atoms with Crippen LogP contribution in [0.4, 0.5) is 0 Å². The first kappa shape index (κ1) is 38.0. The molecule has 0 saturated carbocycles. The molecule has 3 aliphatic rings. The molecule has 3 atom stereocenters. The van der Waals surface area contributed by atoms with E-state index in [9.17, 15) is 28.1 Å². The fraction of sp³-hybridized carbons (Fsp3) is 0.133. The number of para-hydroxylation sites is 3. The van der Waals surface area contributed by atoms with Crippen molar-refractivity contribution in [1.29, 1.82) is 0 Å². The average molecular weight is 856 g/mol. The quantitative estimate of drug-likeness (QED) is 0.138. The van der Waals surface area contributed by atoms with Crippen LogP contribution in [0.2, 0.25) is 0 Å². The Morgan fingerprint density at radius 2 is 0.567 bits per heavy atom. The summed E-state index contributed by atoms with van der Waals surface area (Å²) in [5.74, 6) is 1.23. The van der Waals surface area contributed by atoms with Crippen molar-refractivity contribution >= 4 is 38.0 Å². The molecule has 10 rings (SSSR count). The maximum Gasteiger partial charge on any atom is 0.336 e. The molecule has 1 aromatic heterocycles. The van der Waals surface area contributed by atoms with Crippen molar-refractivity contribution in [3.8, 4) is 50.6 Å². The predicted molar refractivity (Wildman–Crippen MR) is 233 cm³/mol. The number of nitrogens with zero attached hydrogens (tertiary/aromatic N) is 3. The summed E-state index contributed by atoms with van der Waals surface area (Å²) in [4.78, 5) is 43.3. The molecule has 3 aliphatic heterocycles. The Labute approximate surface area is 343 Å². The van der Waals surface area contributed by atoms with Crippen LogP contribution in [0.1, 0.15) is 0 Å². The number of benzene rings is 6. The van der Waals surface area contributed by atoms with E-state index < -0.39 is 39.2 Å². The van der Waals surface area contributed by atoms with Gasteiger partial charge in [-0.25, -0.2) is 28.1 Å². The van der Waals surface area contributed by atoms with E-state index in [-0.39, 0.29) is 38.1 Å². The van der Waals surface area contributed by atoms with Crippen LogP contribution < -0.4 is 46.6 Å². The summed E-state index contributed by atoms with van der Waals surface area (Å²) in [7, 11) is -11.2. The Hall–Kier alpha value is -6.18. The topological polar surface area (TPSA) is 145 Å². The van der Waals surface area contributed by atoms with Crippen LogP contribution in [0.5, 0.6) is 17.2 Å². The van der Waals surface area contributed by atoms with E-state index in [1.54, 1.807) is 72.8 Å². The minimum absolute atomic E-state index is 0.261. The van der Waals surface area contributed by atoms with Crippen molar-refractivity contribution in [1.82, 2.24) is 13.7 Å². The van der Waals surface area contributed by atoms with Gasteiger partial charge in [0.05, 0.1) is 34.4 Å². The molecule has 0 radical (unpaired) electrons. The van der Waals surface area contributed by atoms with Crippen LogP contribution in [0.25, 0.3) is 33.4 Å². The summed E-state index contributed by atoms with van der Waals surface area (Å²) in [5.41, 5.74) is 1.52. The maximum absolute atomic E-state index is 14.8. The second kappa shape index (κ2) is 14.5. The van der Waals surface area contributed by atoms with E-state index in [1.807, 2.05) is 72.8 Å². The van der Waals surface area contributed by atoms with Gasteiger partial charge in [0.25, 0.3) is 22.1 Å². The predicted octanol–water partition coefficient (Wildman–Crippen LogP) is 7.16. The van der Waals surface area contributed by atoms with E-state index in [0.717, 1.165) is 47.1 Å². The summed E-state index contributed by atoms with van der Waals surface area (Å²) in [6, 6.07) is 43.1. The van der Waals surface area contributed by atoms with Crippen molar-refractivity contribution < 1.29 is 27.3 Å². The molecule has 0 N–H and O–H groups in total. The number of aromatic nitrogens is 3. The van der Waals surface area contributed by atoms with Crippen LogP contribution in [0, 0.1) is 0 Å². The lowest BCUT2D eigenvalue weighted by Crippen LogP contribution is -2.55. The molecule has 3 unspecified atom stereocenters. The highest BCUT2D eigenvalue weighted by Gasteiger charge is 2.39. The molecule has 7 aromatic rings. The molecule has 0 aliphatic carbocycles. The van der Waals surface area contributed by atoms with Gasteiger partial charge in [-0.15, -0.1) is 0 Å². The highest BCUT2D eigenvalue weighted by molar-refractivity contribution is 7.68. The molecule has 0 fully saturated rings. The van der Waals surface area contributed by atoms with Gasteiger partial charge in [0, 0.05) is 36.3 Å². The molecule has 300 valence electrons. The fourth-order valence-corrected chi connectivity index (χ4v) is 15.1. The van der Waals surface area contributed by atoms with Gasteiger partial charge in [0.1, 0.15) is 17.2 Å². The van der Waals surface area contributed by atoms with Gasteiger partial charge < -0.3 is 13.6 Å². The second-order valence-electron chi connectivity index (χ2n) is 14.8. The maximum atomic E-state index is 14.8. The zero-order valence-corrected chi connectivity index (χ0v) is 34.6. The Kier molecular flexibility index (Phi) is 9.21. The van der Waals surface area contributed by atoms with E-state index in [4.69, 9.17) is 13.6 Å². The van der Waals surface area contributed by atoms with E-state index in [0.29, 0.717) is 33.2 Å². The SMILES string of the molecule is O=c1n(CCP2(=O)Oc3ccccc3-c3ccccc32)c(=O)n(CCP2(=O)Oc3ccccc3-c3ccccc32)c(=O)n1CCP1(=O)Oc2ccccc2-c2ccccc21. The van der Waals surface area contributed by atoms with Gasteiger partial charge in [0.2, 0.25) is 0 Å². The molecule has 12 nitrogen and oxygen atoms in total. The van der Waals surface area contributed by atoms with Gasteiger partial charge in [-0.05, 0) is 53.1 Å². The van der Waals surface area contributed by atoms with Crippen LogP contribution in [0.15, 0.2) is 160 Å². The third-order valence-corrected chi connectivity index (χ3v) is 18.5. The minimum Gasteiger partial charge on any atom is -0.439 e. The summed E-state index contributed by atoms with van der Waals surface area (Å²) in [6.45, 7) is -1.17. The van der Waals surface area contributed by atoms with Crippen molar-refractivity contribution in [3.63, 3.8) is 0 Å². The molecule has 15 heteroatoms. The Morgan fingerprint density at radius 3 is 0.850 bits per heavy atom. The summed E-state index contributed by atoms with van der Waals surface area (Å²) in [6.07, 6.45) is -0.782. The van der Waals surface area contributed by atoms with Crippen molar-refractivity contribution in [3.05, 3.63) is 177 Å². The highest BCUT2D eigenvalue weighted by atomic mass is 31.2. The largest absolute Gasteiger partial charge is 0.439 e. The van der Waals surface area contributed by atoms with Crippen molar-refractivity contribution in [2.24, 2.45) is 0 Å². The zero-order valence-electron chi connectivity index (χ0n) is 32.0. The minimum atomic E-state index is -3.74. The molecule has 60 heavy (non-hydrogen) atoms. The zero-order chi connectivity index (χ0) is 41.2. The molecule has 0 bridgehead atoms. The standard InChI is InChI=1S/C45H36N3O9P3/c49-43-46(25-28-58(52)40-22-10-4-16-34(40)31-13-1-7-19-37(31)55-58)44(50)48(27-30-60(54)42-24-12-6-18-36(42)33-15-3-9-21-39(33)57-60)45(51)47(43)26-29-59(53)41-23-11-5-17-35(41)32-14-2-8-20-38(32)56-59/h1-24H,25-30H2. The Balaban J connectivity index is 1.04. The first-order chi connectivity index (χ1) is 29.1. The van der Waals surface area contributed by atoms with Crippen molar-refractivity contribution in [2.45, 2.75) is 19.6 Å². The Morgan fingerprint density at radius 1 is 0.333 bits per heavy atom. The average Bonchev–Trinajstić information content (AvgIpc) is 3.26. The number of hydrogen-bond donors (Lipinski definition) is 0. The van der Waals surface area contributed by atoms with Crippen LogP contribution >= 0.6 is 22.1 Å². The van der Waals surface area contributed by atoms with Crippen LogP contribution in [0.3, 0.4) is 0 Å². The van der Waals surface area contributed by atoms with Gasteiger partial charge in [0.15, 0.2) is 0 Å². The molecule has 0 amide bonds. The second-order valence-corrected chi connectivity index (χ2v) is 22.2. The third-order valence-electron chi connectivity index (χ3n) is 11.3. The molecule has 6 aromatic carbocycles. The molecular formula is C45H36N3O9P3. The van der Waals surface area contributed by atoms with E-state index in [1.165, 1.54) is 0 Å². The lowest BCUT2D eigenvalue weighted by molar-refractivity contribution is 0.446. The lowest BCUT2D eigenvalue weighted by atomic mass is 10.0. The van der Waals surface area contributed by atoms with Crippen LogP contribution in [-0.2, 0) is 33.3 Å². The molecule has 4 heterocycles. The first-order valence-electron chi connectivity index (χ1n) is 19.4. The molecule has 0 spiro atoms. The number of fused-ring (bicyclic) bond motifs is 9. The fourth-order valence-electron chi connectivity index (χ4n) is 8.38. The monoisotopic (exact) mass is 855 g/mol. The molecule has 0 saturated heterocycles. The highest BCUT2D eigenvalue weighted by Crippen LogP contribution is 2.56. The van der Waals surface area contributed by atoms with Gasteiger partial charge in [-0.1, -0.05) is 109 Å². The molecular weight excluding hydrogens is 819 g/mol. The third kappa shape index (κ3) is 6.21. The summed E-state index contributed by atoms with van der Waals surface area (Å²) in [5, 5.41) is 1.34. The Bertz CT molecular complexity index is 2870. The van der Waals surface area contributed by atoms with Gasteiger partial charge >= 0.3 is 17.1 Å². The summed E-state index contributed by atoms with van der Waals surface area (Å²) < 4.78 is 65.6. The van der Waals surface area contributed by atoms with E-state index in [2.05, 4.69) is 0 Å². The first-order valence-corrected chi connectivity index (χ1v) is 24.9. The lowest BCUT2D eigenvalue weighted by Gasteiger charge is -2.29. The normalized spacial score (nSPS) is 20.4. The smallest absolute Gasteiger partial charge is 0.336 e. The van der Waals surface area contributed by atoms with Gasteiger partial charge in [-0.2, -0.15) is 0 Å². The van der Waals surface area contributed by atoms with Crippen LogP contribution in [-0.4, -0.2) is 32.2 Å². The number of hydrogen-bond acceptors (Lipinski definition) is 9. The van der Waals surface area contributed by atoms with Crippen molar-refractivity contribution in [2.75, 3.05) is 18.5 Å². The van der Waals surface area contributed by atoms with E-state index >= 15 is 0 Å². The summed E-state index contributed by atoms with van der Waals surface area (Å²) >= 11 is 0. The van der Waals surface area contributed by atoms with Gasteiger partial charge in [-0.3, -0.25) is 13.7 Å².